The molecule has 0 unspecified atom stereocenters. The summed E-state index contributed by atoms with van der Waals surface area (Å²) in [4.78, 5) is 18.8. The molecule has 0 aliphatic carbocycles. The molecule has 1 aliphatic rings. The SMILES string of the molecule is COc1ccncc1-c1cccc(S(N)(=O)=O)c1C(=O)N1CCCCC1. The van der Waals surface area contributed by atoms with E-state index < -0.39 is 10.0 Å². The standard InChI is InChI=1S/C18H21N3O4S/c1-25-15-8-9-20-12-14(15)13-6-5-7-16(26(19,23)24)17(13)18(22)21-10-3-2-4-11-21/h5-9,12H,2-4,10-11H2,1H3,(H2,19,23,24). The van der Waals surface area contributed by atoms with E-state index in [4.69, 9.17) is 9.88 Å². The number of piperidine rings is 1. The minimum absolute atomic E-state index is 0.0724. The minimum Gasteiger partial charge on any atom is -0.496 e. The first kappa shape index (κ1) is 18.3. The van der Waals surface area contributed by atoms with E-state index >= 15 is 0 Å². The van der Waals surface area contributed by atoms with Gasteiger partial charge in [0, 0.05) is 36.6 Å². The van der Waals surface area contributed by atoms with Crippen LogP contribution in [0.25, 0.3) is 11.1 Å². The van der Waals surface area contributed by atoms with Crippen LogP contribution >= 0.6 is 0 Å². The van der Waals surface area contributed by atoms with Crippen LogP contribution in [0.2, 0.25) is 0 Å². The van der Waals surface area contributed by atoms with Crippen LogP contribution in [-0.4, -0.2) is 44.4 Å². The topological polar surface area (TPSA) is 103 Å². The Morgan fingerprint density at radius 2 is 1.88 bits per heavy atom. The van der Waals surface area contributed by atoms with Crippen molar-refractivity contribution < 1.29 is 17.9 Å². The summed E-state index contributed by atoms with van der Waals surface area (Å²) in [6, 6.07) is 6.27. The summed E-state index contributed by atoms with van der Waals surface area (Å²) >= 11 is 0. The summed E-state index contributed by atoms with van der Waals surface area (Å²) in [6.45, 7) is 1.20. The summed E-state index contributed by atoms with van der Waals surface area (Å²) < 4.78 is 29.6. The maximum atomic E-state index is 13.2. The molecule has 1 saturated heterocycles. The third-order valence-corrected chi connectivity index (χ3v) is 5.43. The molecule has 3 rings (SSSR count). The molecule has 2 heterocycles. The second-order valence-corrected chi connectivity index (χ2v) is 7.68. The Morgan fingerprint density at radius 1 is 1.15 bits per heavy atom. The Kier molecular flexibility index (Phi) is 5.24. The fraction of sp³-hybridized carbons (Fsp3) is 0.333. The number of nitrogens with zero attached hydrogens (tertiary/aromatic N) is 2. The van der Waals surface area contributed by atoms with Gasteiger partial charge in [0.05, 0.1) is 17.6 Å². The van der Waals surface area contributed by atoms with E-state index in [2.05, 4.69) is 4.98 Å². The summed E-state index contributed by atoms with van der Waals surface area (Å²) in [7, 11) is -2.57. The number of benzene rings is 1. The number of sulfonamides is 1. The van der Waals surface area contributed by atoms with Crippen LogP contribution < -0.4 is 9.88 Å². The van der Waals surface area contributed by atoms with Crippen molar-refractivity contribution in [2.45, 2.75) is 24.2 Å². The molecule has 1 aliphatic heterocycles. The first-order chi connectivity index (χ1) is 12.4. The summed E-state index contributed by atoms with van der Waals surface area (Å²) in [5.41, 5.74) is 1.06. The predicted molar refractivity (Wildman–Crippen MR) is 97.4 cm³/mol. The fourth-order valence-corrected chi connectivity index (χ4v) is 3.98. The highest BCUT2D eigenvalue weighted by atomic mass is 32.2. The number of likely N-dealkylation sites (tertiary alicyclic amines) is 1. The predicted octanol–water partition coefficient (Wildman–Crippen LogP) is 2.03. The van der Waals surface area contributed by atoms with E-state index in [9.17, 15) is 13.2 Å². The molecule has 0 bridgehead atoms. The van der Waals surface area contributed by atoms with Crippen LogP contribution in [0.4, 0.5) is 0 Å². The molecule has 2 N–H and O–H groups in total. The molecule has 26 heavy (non-hydrogen) atoms. The monoisotopic (exact) mass is 375 g/mol. The Bertz CT molecular complexity index is 922. The van der Waals surface area contributed by atoms with Gasteiger partial charge < -0.3 is 9.64 Å². The molecule has 1 aromatic carbocycles. The molecule has 2 aromatic rings. The smallest absolute Gasteiger partial charge is 0.255 e. The number of carbonyl (C=O) groups is 1. The highest BCUT2D eigenvalue weighted by Crippen LogP contribution is 2.35. The number of primary sulfonamides is 1. The Morgan fingerprint density at radius 3 is 2.54 bits per heavy atom. The van der Waals surface area contributed by atoms with Gasteiger partial charge in [-0.25, -0.2) is 13.6 Å². The van der Waals surface area contributed by atoms with E-state index in [1.807, 2.05) is 0 Å². The zero-order valence-corrected chi connectivity index (χ0v) is 15.3. The molecule has 8 heteroatoms. The zero-order chi connectivity index (χ0) is 18.7. The van der Waals surface area contributed by atoms with Crippen molar-refractivity contribution in [3.8, 4) is 16.9 Å². The van der Waals surface area contributed by atoms with E-state index in [-0.39, 0.29) is 16.4 Å². The lowest BCUT2D eigenvalue weighted by molar-refractivity contribution is 0.0721. The number of ether oxygens (including phenoxy) is 1. The lowest BCUT2D eigenvalue weighted by atomic mass is 9.98. The average Bonchev–Trinajstić information content (AvgIpc) is 2.66. The molecule has 1 aromatic heterocycles. The summed E-state index contributed by atoms with van der Waals surface area (Å²) in [5.74, 6) is 0.162. The highest BCUT2D eigenvalue weighted by molar-refractivity contribution is 7.89. The molecule has 1 fully saturated rings. The van der Waals surface area contributed by atoms with Crippen molar-refractivity contribution in [1.29, 1.82) is 0 Å². The van der Waals surface area contributed by atoms with Gasteiger partial charge in [0.15, 0.2) is 0 Å². The number of carbonyl (C=O) groups excluding carboxylic acids is 1. The van der Waals surface area contributed by atoms with Crippen LogP contribution in [0.1, 0.15) is 29.6 Å². The number of nitrogens with two attached hydrogens (primary N) is 1. The highest BCUT2D eigenvalue weighted by Gasteiger charge is 2.28. The van der Waals surface area contributed by atoms with Crippen LogP contribution in [-0.2, 0) is 10.0 Å². The molecular weight excluding hydrogens is 354 g/mol. The van der Waals surface area contributed by atoms with E-state index in [0.29, 0.717) is 30.0 Å². The van der Waals surface area contributed by atoms with Crippen molar-refractivity contribution in [3.05, 3.63) is 42.2 Å². The number of pyridine rings is 1. The summed E-state index contributed by atoms with van der Waals surface area (Å²) in [6.07, 6.45) is 5.97. The van der Waals surface area contributed by atoms with E-state index in [0.717, 1.165) is 19.3 Å². The number of methoxy groups -OCH3 is 1. The molecule has 0 atom stereocenters. The van der Waals surface area contributed by atoms with Gasteiger partial charge in [0.2, 0.25) is 10.0 Å². The molecule has 138 valence electrons. The molecule has 7 nitrogen and oxygen atoms in total. The minimum atomic E-state index is -4.08. The molecule has 0 radical (unpaired) electrons. The van der Waals surface area contributed by atoms with Crippen LogP contribution in [0, 0.1) is 0 Å². The first-order valence-corrected chi connectivity index (χ1v) is 9.91. The van der Waals surface area contributed by atoms with Crippen molar-refractivity contribution in [2.75, 3.05) is 20.2 Å². The number of hydrogen-bond acceptors (Lipinski definition) is 5. The quantitative estimate of drug-likeness (QED) is 0.881. The summed E-state index contributed by atoms with van der Waals surface area (Å²) in [5, 5.41) is 5.40. The lowest BCUT2D eigenvalue weighted by Gasteiger charge is -2.28. The van der Waals surface area contributed by atoms with Gasteiger partial charge in [-0.15, -0.1) is 0 Å². The second kappa shape index (κ2) is 7.43. The third-order valence-electron chi connectivity index (χ3n) is 4.48. The van der Waals surface area contributed by atoms with Crippen LogP contribution in [0.5, 0.6) is 5.75 Å². The maximum absolute atomic E-state index is 13.2. The number of aromatic nitrogens is 1. The Labute approximate surface area is 152 Å². The number of hydrogen-bond donors (Lipinski definition) is 1. The maximum Gasteiger partial charge on any atom is 0.255 e. The Hall–Kier alpha value is -2.45. The first-order valence-electron chi connectivity index (χ1n) is 8.37. The molecule has 1 amide bonds. The van der Waals surface area contributed by atoms with Gasteiger partial charge >= 0.3 is 0 Å². The van der Waals surface area contributed by atoms with Gasteiger partial charge in [-0.1, -0.05) is 12.1 Å². The van der Waals surface area contributed by atoms with Gasteiger partial charge in [-0.3, -0.25) is 9.78 Å². The average molecular weight is 375 g/mol. The van der Waals surface area contributed by atoms with Crippen molar-refractivity contribution in [1.82, 2.24) is 9.88 Å². The van der Waals surface area contributed by atoms with Gasteiger partial charge in [-0.05, 0) is 31.4 Å². The largest absolute Gasteiger partial charge is 0.496 e. The van der Waals surface area contributed by atoms with E-state index in [1.165, 1.54) is 13.2 Å². The van der Waals surface area contributed by atoms with Gasteiger partial charge in [0.25, 0.3) is 5.91 Å². The molecular formula is C18H21N3O4S. The van der Waals surface area contributed by atoms with Crippen molar-refractivity contribution >= 4 is 15.9 Å². The zero-order valence-electron chi connectivity index (χ0n) is 14.5. The number of rotatable bonds is 4. The van der Waals surface area contributed by atoms with Gasteiger partial charge in [0.1, 0.15) is 5.75 Å². The lowest BCUT2D eigenvalue weighted by Crippen LogP contribution is -2.37. The van der Waals surface area contributed by atoms with Gasteiger partial charge in [-0.2, -0.15) is 0 Å². The Balaban J connectivity index is 2.23. The van der Waals surface area contributed by atoms with E-state index in [1.54, 1.807) is 35.5 Å². The van der Waals surface area contributed by atoms with Crippen LogP contribution in [0.3, 0.4) is 0 Å². The number of amides is 1. The van der Waals surface area contributed by atoms with Crippen molar-refractivity contribution in [3.63, 3.8) is 0 Å². The van der Waals surface area contributed by atoms with Crippen molar-refractivity contribution in [2.24, 2.45) is 5.14 Å². The normalized spacial score (nSPS) is 14.9. The molecule has 0 spiro atoms. The fourth-order valence-electron chi connectivity index (χ4n) is 3.23. The molecule has 0 saturated carbocycles. The second-order valence-electron chi connectivity index (χ2n) is 6.15. The third kappa shape index (κ3) is 3.56. The van der Waals surface area contributed by atoms with Crippen LogP contribution in [0.15, 0.2) is 41.6 Å².